The lowest BCUT2D eigenvalue weighted by atomic mass is 10.0. The van der Waals surface area contributed by atoms with Gasteiger partial charge in [0.15, 0.2) is 0 Å². The number of hydrogen-bond acceptors (Lipinski definition) is 4. The van der Waals surface area contributed by atoms with E-state index in [4.69, 9.17) is 4.74 Å². The molecule has 7 heteroatoms. The molecule has 1 saturated heterocycles. The minimum Gasteiger partial charge on any atom is -0.478 e. The molecular weight excluding hydrogens is 330 g/mol. The van der Waals surface area contributed by atoms with Crippen molar-refractivity contribution in [2.75, 3.05) is 6.61 Å². The van der Waals surface area contributed by atoms with Crippen LogP contribution in [0.2, 0.25) is 0 Å². The molecule has 1 aliphatic rings. The second kappa shape index (κ2) is 5.84. The summed E-state index contributed by atoms with van der Waals surface area (Å²) in [4.78, 5) is 11.5. The molecule has 1 atom stereocenters. The molecule has 3 rings (SSSR count). The van der Waals surface area contributed by atoms with E-state index >= 15 is 0 Å². The van der Waals surface area contributed by atoms with Gasteiger partial charge in [0.05, 0.1) is 22.1 Å². The van der Waals surface area contributed by atoms with Gasteiger partial charge in [-0.05, 0) is 43.2 Å². The summed E-state index contributed by atoms with van der Waals surface area (Å²) in [6.07, 6.45) is 0.575. The van der Waals surface area contributed by atoms with Gasteiger partial charge >= 0.3 is 5.97 Å². The Morgan fingerprint density at radius 1 is 1.29 bits per heavy atom. The average molecular weight is 349 g/mol. The number of carboxylic acids is 1. The predicted molar refractivity (Wildman–Crippen MR) is 89.7 cm³/mol. The van der Waals surface area contributed by atoms with E-state index in [1.165, 1.54) is 12.1 Å². The Hall–Kier alpha value is -1.96. The monoisotopic (exact) mass is 349 g/mol. The van der Waals surface area contributed by atoms with Crippen LogP contribution in [-0.2, 0) is 14.8 Å². The first kappa shape index (κ1) is 16.9. The molecule has 2 N–H and O–H groups in total. The molecule has 0 saturated carbocycles. The predicted octanol–water partition coefficient (Wildman–Crippen LogP) is 2.38. The lowest BCUT2D eigenvalue weighted by Crippen LogP contribution is -2.46. The van der Waals surface area contributed by atoms with Crippen LogP contribution in [0.25, 0.3) is 10.8 Å². The first-order valence-corrected chi connectivity index (χ1v) is 9.11. The Balaban J connectivity index is 2.06. The number of hydrogen-bond donors (Lipinski definition) is 2. The van der Waals surface area contributed by atoms with Crippen molar-refractivity contribution in [1.29, 1.82) is 0 Å². The van der Waals surface area contributed by atoms with Gasteiger partial charge in [0.1, 0.15) is 0 Å². The molecule has 6 nitrogen and oxygen atoms in total. The Bertz CT molecular complexity index is 904. The molecule has 1 fully saturated rings. The highest BCUT2D eigenvalue weighted by molar-refractivity contribution is 7.89. The Morgan fingerprint density at radius 3 is 2.62 bits per heavy atom. The molecule has 2 aromatic rings. The zero-order valence-corrected chi connectivity index (χ0v) is 14.3. The van der Waals surface area contributed by atoms with Crippen LogP contribution in [0.5, 0.6) is 0 Å². The number of ether oxygens (including phenoxy) is 1. The van der Waals surface area contributed by atoms with Crippen molar-refractivity contribution in [3.8, 4) is 0 Å². The van der Waals surface area contributed by atoms with Gasteiger partial charge in [-0.15, -0.1) is 0 Å². The van der Waals surface area contributed by atoms with Gasteiger partial charge in [-0.25, -0.2) is 17.9 Å². The van der Waals surface area contributed by atoms with Gasteiger partial charge in [0.2, 0.25) is 10.0 Å². The van der Waals surface area contributed by atoms with Gasteiger partial charge in [0, 0.05) is 6.61 Å². The van der Waals surface area contributed by atoms with Crippen LogP contribution in [0.3, 0.4) is 0 Å². The van der Waals surface area contributed by atoms with Crippen LogP contribution in [-0.4, -0.2) is 37.7 Å². The van der Waals surface area contributed by atoms with E-state index in [-0.39, 0.29) is 16.5 Å². The van der Waals surface area contributed by atoms with Gasteiger partial charge in [-0.2, -0.15) is 0 Å². The third kappa shape index (κ3) is 3.02. The van der Waals surface area contributed by atoms with E-state index < -0.39 is 21.6 Å². The summed E-state index contributed by atoms with van der Waals surface area (Å²) >= 11 is 0. The molecule has 0 aromatic heterocycles. The second-order valence-corrected chi connectivity index (χ2v) is 8.13. The van der Waals surface area contributed by atoms with Crippen LogP contribution in [0.4, 0.5) is 0 Å². The SMILES string of the molecule is CC1(C)OCCC1NS(=O)(=O)c1cc(C(=O)O)c2ccccc2c1. The van der Waals surface area contributed by atoms with Gasteiger partial charge in [-0.3, -0.25) is 0 Å². The maximum atomic E-state index is 12.7. The summed E-state index contributed by atoms with van der Waals surface area (Å²) in [6.45, 7) is 4.14. The molecule has 0 bridgehead atoms. The Kier molecular flexibility index (Phi) is 4.11. The third-order valence-corrected chi connectivity index (χ3v) is 5.84. The normalized spacial score (nSPS) is 20.3. The van der Waals surface area contributed by atoms with Crippen molar-refractivity contribution in [2.24, 2.45) is 0 Å². The van der Waals surface area contributed by atoms with Crippen LogP contribution >= 0.6 is 0 Å². The maximum absolute atomic E-state index is 12.7. The summed E-state index contributed by atoms with van der Waals surface area (Å²) < 4.78 is 33.7. The van der Waals surface area contributed by atoms with E-state index in [1.54, 1.807) is 24.3 Å². The van der Waals surface area contributed by atoms with Crippen LogP contribution in [0, 0.1) is 0 Å². The highest BCUT2D eigenvalue weighted by Gasteiger charge is 2.38. The lowest BCUT2D eigenvalue weighted by Gasteiger charge is -2.26. The minimum absolute atomic E-state index is 0.0320. The molecule has 1 heterocycles. The Labute approximate surface area is 140 Å². The summed E-state index contributed by atoms with van der Waals surface area (Å²) in [6, 6.07) is 9.16. The number of benzene rings is 2. The number of rotatable bonds is 4. The first-order valence-electron chi connectivity index (χ1n) is 7.63. The number of aromatic carboxylic acids is 1. The molecule has 128 valence electrons. The van der Waals surface area contributed by atoms with Crippen molar-refractivity contribution in [3.63, 3.8) is 0 Å². The highest BCUT2D eigenvalue weighted by Crippen LogP contribution is 2.28. The third-order valence-electron chi connectivity index (χ3n) is 4.39. The molecule has 1 unspecified atom stereocenters. The standard InChI is InChI=1S/C17H19NO5S/c1-17(2)15(7-8-23-17)18-24(21,22)12-9-11-5-3-4-6-13(11)14(10-12)16(19)20/h3-6,9-10,15,18H,7-8H2,1-2H3,(H,19,20). The van der Waals surface area contributed by atoms with Crippen molar-refractivity contribution < 1.29 is 23.1 Å². The smallest absolute Gasteiger partial charge is 0.336 e. The fourth-order valence-corrected chi connectivity index (χ4v) is 4.43. The highest BCUT2D eigenvalue weighted by atomic mass is 32.2. The second-order valence-electron chi connectivity index (χ2n) is 6.41. The van der Waals surface area contributed by atoms with Crippen molar-refractivity contribution in [1.82, 2.24) is 4.72 Å². The summed E-state index contributed by atoms with van der Waals surface area (Å²) in [5.41, 5.74) is -0.630. The number of fused-ring (bicyclic) bond motifs is 1. The fraction of sp³-hybridized carbons (Fsp3) is 0.353. The molecule has 1 aliphatic heterocycles. The van der Waals surface area contributed by atoms with Crippen LogP contribution in [0.15, 0.2) is 41.3 Å². The molecule has 24 heavy (non-hydrogen) atoms. The topological polar surface area (TPSA) is 92.7 Å². The molecule has 2 aromatic carbocycles. The van der Waals surface area contributed by atoms with E-state index in [1.807, 2.05) is 13.8 Å². The first-order chi connectivity index (χ1) is 11.2. The van der Waals surface area contributed by atoms with Gasteiger partial charge in [-0.1, -0.05) is 24.3 Å². The van der Waals surface area contributed by atoms with Crippen LogP contribution in [0.1, 0.15) is 30.6 Å². The Morgan fingerprint density at radius 2 is 2.00 bits per heavy atom. The number of nitrogens with one attached hydrogen (secondary N) is 1. The molecular formula is C17H19NO5S. The van der Waals surface area contributed by atoms with E-state index in [0.29, 0.717) is 23.8 Å². The number of sulfonamides is 1. The van der Waals surface area contributed by atoms with E-state index in [2.05, 4.69) is 4.72 Å². The van der Waals surface area contributed by atoms with Gasteiger partial charge < -0.3 is 9.84 Å². The van der Waals surface area contributed by atoms with Gasteiger partial charge in [0.25, 0.3) is 0 Å². The lowest BCUT2D eigenvalue weighted by molar-refractivity contribution is 0.0255. The zero-order chi connectivity index (χ0) is 17.5. The number of carbonyl (C=O) groups is 1. The summed E-state index contributed by atoms with van der Waals surface area (Å²) in [5, 5.41) is 10.5. The van der Waals surface area contributed by atoms with E-state index in [0.717, 1.165) is 0 Å². The van der Waals surface area contributed by atoms with Crippen molar-refractivity contribution in [3.05, 3.63) is 42.0 Å². The summed E-state index contributed by atoms with van der Waals surface area (Å²) in [5.74, 6) is -1.16. The molecule has 0 radical (unpaired) electrons. The molecule has 0 spiro atoms. The van der Waals surface area contributed by atoms with Crippen molar-refractivity contribution >= 4 is 26.8 Å². The number of carboxylic acid groups (broad SMARTS) is 1. The van der Waals surface area contributed by atoms with Crippen LogP contribution < -0.4 is 4.72 Å². The largest absolute Gasteiger partial charge is 0.478 e. The average Bonchev–Trinajstić information content (AvgIpc) is 2.84. The quantitative estimate of drug-likeness (QED) is 0.884. The summed E-state index contributed by atoms with van der Waals surface area (Å²) in [7, 11) is -3.86. The molecule has 0 aliphatic carbocycles. The maximum Gasteiger partial charge on any atom is 0.336 e. The van der Waals surface area contributed by atoms with E-state index in [9.17, 15) is 18.3 Å². The molecule has 0 amide bonds. The fourth-order valence-electron chi connectivity index (χ4n) is 2.96. The minimum atomic E-state index is -3.86. The zero-order valence-electron chi connectivity index (χ0n) is 13.4. The van der Waals surface area contributed by atoms with Crippen molar-refractivity contribution in [2.45, 2.75) is 36.8 Å².